The van der Waals surface area contributed by atoms with Gasteiger partial charge in [-0.1, -0.05) is 36.4 Å². The van der Waals surface area contributed by atoms with Gasteiger partial charge in [0.25, 0.3) is 0 Å². The predicted octanol–water partition coefficient (Wildman–Crippen LogP) is 3.24. The van der Waals surface area contributed by atoms with Crippen LogP contribution in [0, 0.1) is 0 Å². The number of amides is 1. The molecule has 5 nitrogen and oxygen atoms in total. The molecule has 3 heterocycles. The Morgan fingerprint density at radius 2 is 1.81 bits per heavy atom. The minimum absolute atomic E-state index is 0.0693. The maximum Gasteiger partial charge on any atom is 0.237 e. The van der Waals surface area contributed by atoms with Crippen molar-refractivity contribution < 1.29 is 4.79 Å². The van der Waals surface area contributed by atoms with Crippen LogP contribution in [0.5, 0.6) is 0 Å². The minimum Gasteiger partial charge on any atom is -0.340 e. The molecule has 5 rings (SSSR count). The van der Waals surface area contributed by atoms with Gasteiger partial charge in [-0.3, -0.25) is 9.69 Å². The number of rotatable bonds is 3. The number of imidazole rings is 1. The lowest BCUT2D eigenvalue weighted by Crippen LogP contribution is -2.38. The van der Waals surface area contributed by atoms with Crippen molar-refractivity contribution in [1.29, 1.82) is 0 Å². The van der Waals surface area contributed by atoms with E-state index < -0.39 is 0 Å². The highest BCUT2D eigenvalue weighted by atomic mass is 16.2. The Labute approximate surface area is 152 Å². The monoisotopic (exact) mass is 346 g/mol. The van der Waals surface area contributed by atoms with Crippen molar-refractivity contribution in [3.05, 3.63) is 65.5 Å². The SMILES string of the molecule is O=C(CN1Cc2ccccc2C1)N1CCC[C@@H]1c1nc2ccccc2[nH]1. The standard InChI is InChI=1S/C21H22N4O/c26-20(14-24-12-15-6-1-2-7-16(15)13-24)25-11-5-10-19(25)21-22-17-8-3-4-9-18(17)23-21/h1-4,6-9,19H,5,10-14H2,(H,22,23)/t19-/m1/s1. The molecule has 2 aromatic carbocycles. The summed E-state index contributed by atoms with van der Waals surface area (Å²) < 4.78 is 0. The van der Waals surface area contributed by atoms with E-state index in [4.69, 9.17) is 4.98 Å². The Hall–Kier alpha value is -2.66. The fourth-order valence-corrected chi connectivity index (χ4v) is 4.28. The van der Waals surface area contributed by atoms with Crippen LogP contribution in [0.4, 0.5) is 0 Å². The Balaban J connectivity index is 1.32. The van der Waals surface area contributed by atoms with Crippen LogP contribution in [0.15, 0.2) is 48.5 Å². The molecule has 0 aliphatic carbocycles. The number of carbonyl (C=O) groups is 1. The first-order chi connectivity index (χ1) is 12.8. The summed E-state index contributed by atoms with van der Waals surface area (Å²) in [6, 6.07) is 16.6. The van der Waals surface area contributed by atoms with Crippen molar-refractivity contribution in [2.75, 3.05) is 13.1 Å². The van der Waals surface area contributed by atoms with E-state index in [1.807, 2.05) is 29.2 Å². The number of likely N-dealkylation sites (tertiary alicyclic amines) is 1. The van der Waals surface area contributed by atoms with Crippen LogP contribution in [0.3, 0.4) is 0 Å². The van der Waals surface area contributed by atoms with Gasteiger partial charge in [0, 0.05) is 19.6 Å². The second kappa shape index (κ2) is 6.25. The molecule has 2 aliphatic rings. The average molecular weight is 346 g/mol. The van der Waals surface area contributed by atoms with Crippen molar-refractivity contribution in [1.82, 2.24) is 19.8 Å². The van der Waals surface area contributed by atoms with Gasteiger partial charge in [-0.2, -0.15) is 0 Å². The molecule has 1 N–H and O–H groups in total. The fourth-order valence-electron chi connectivity index (χ4n) is 4.28. The first-order valence-electron chi connectivity index (χ1n) is 9.31. The summed E-state index contributed by atoms with van der Waals surface area (Å²) in [6.07, 6.45) is 2.01. The minimum atomic E-state index is 0.0693. The van der Waals surface area contributed by atoms with Crippen molar-refractivity contribution in [2.45, 2.75) is 32.0 Å². The number of fused-ring (bicyclic) bond motifs is 2. The maximum absolute atomic E-state index is 13.0. The topological polar surface area (TPSA) is 52.2 Å². The highest BCUT2D eigenvalue weighted by Crippen LogP contribution is 2.32. The molecule has 0 saturated carbocycles. The summed E-state index contributed by atoms with van der Waals surface area (Å²) in [4.78, 5) is 25.4. The van der Waals surface area contributed by atoms with Crippen LogP contribution < -0.4 is 0 Å². The molecule has 132 valence electrons. The quantitative estimate of drug-likeness (QED) is 0.792. The molecule has 1 aromatic heterocycles. The molecule has 1 amide bonds. The lowest BCUT2D eigenvalue weighted by atomic mass is 10.1. The van der Waals surface area contributed by atoms with Crippen LogP contribution in [0.2, 0.25) is 0 Å². The summed E-state index contributed by atoms with van der Waals surface area (Å²) in [5, 5.41) is 0. The zero-order valence-electron chi connectivity index (χ0n) is 14.7. The summed E-state index contributed by atoms with van der Waals surface area (Å²) in [5.74, 6) is 1.13. The number of aromatic amines is 1. The van der Waals surface area contributed by atoms with Gasteiger partial charge in [0.15, 0.2) is 0 Å². The van der Waals surface area contributed by atoms with E-state index >= 15 is 0 Å². The first-order valence-corrected chi connectivity index (χ1v) is 9.31. The number of carbonyl (C=O) groups excluding carboxylic acids is 1. The number of aromatic nitrogens is 2. The van der Waals surface area contributed by atoms with Crippen molar-refractivity contribution in [3.63, 3.8) is 0 Å². The molecule has 3 aromatic rings. The molecule has 0 radical (unpaired) electrons. The molecule has 0 bridgehead atoms. The van der Waals surface area contributed by atoms with Gasteiger partial charge in [0.2, 0.25) is 5.91 Å². The molecule has 0 unspecified atom stereocenters. The number of H-pyrrole nitrogens is 1. The summed E-state index contributed by atoms with van der Waals surface area (Å²) in [7, 11) is 0. The Kier molecular flexibility index (Phi) is 3.75. The zero-order valence-corrected chi connectivity index (χ0v) is 14.7. The number of nitrogens with one attached hydrogen (secondary N) is 1. The number of hydrogen-bond acceptors (Lipinski definition) is 3. The van der Waals surface area contributed by atoms with Crippen LogP contribution in [0.1, 0.15) is 35.8 Å². The van der Waals surface area contributed by atoms with Crippen LogP contribution in [-0.4, -0.2) is 38.8 Å². The van der Waals surface area contributed by atoms with Gasteiger partial charge in [0.05, 0.1) is 23.6 Å². The van der Waals surface area contributed by atoms with E-state index in [0.717, 1.165) is 49.3 Å². The highest BCUT2D eigenvalue weighted by molar-refractivity contribution is 5.79. The van der Waals surface area contributed by atoms with E-state index in [9.17, 15) is 4.79 Å². The molecule has 1 fully saturated rings. The second-order valence-electron chi connectivity index (χ2n) is 7.30. The fraction of sp³-hybridized carbons (Fsp3) is 0.333. The van der Waals surface area contributed by atoms with E-state index in [-0.39, 0.29) is 11.9 Å². The third-order valence-corrected chi connectivity index (χ3v) is 5.56. The molecule has 5 heteroatoms. The first kappa shape index (κ1) is 15.6. The normalized spacial score (nSPS) is 20.0. The number of para-hydroxylation sites is 2. The third kappa shape index (κ3) is 2.69. The van der Waals surface area contributed by atoms with E-state index in [2.05, 4.69) is 34.1 Å². The Morgan fingerprint density at radius 3 is 2.58 bits per heavy atom. The molecular weight excluding hydrogens is 324 g/mol. The molecule has 1 saturated heterocycles. The molecular formula is C21H22N4O. The maximum atomic E-state index is 13.0. The van der Waals surface area contributed by atoms with Crippen molar-refractivity contribution >= 4 is 16.9 Å². The lowest BCUT2D eigenvalue weighted by molar-refractivity contribution is -0.133. The molecule has 1 atom stereocenters. The number of benzene rings is 2. The van der Waals surface area contributed by atoms with Gasteiger partial charge in [-0.25, -0.2) is 4.98 Å². The van der Waals surface area contributed by atoms with Crippen molar-refractivity contribution in [2.24, 2.45) is 0 Å². The van der Waals surface area contributed by atoms with Crippen molar-refractivity contribution in [3.8, 4) is 0 Å². The Morgan fingerprint density at radius 1 is 1.08 bits per heavy atom. The smallest absolute Gasteiger partial charge is 0.237 e. The summed E-state index contributed by atoms with van der Waals surface area (Å²) >= 11 is 0. The van der Waals surface area contributed by atoms with Gasteiger partial charge < -0.3 is 9.88 Å². The predicted molar refractivity (Wildman–Crippen MR) is 100 cm³/mol. The van der Waals surface area contributed by atoms with Gasteiger partial charge in [0.1, 0.15) is 5.82 Å². The largest absolute Gasteiger partial charge is 0.340 e. The third-order valence-electron chi connectivity index (χ3n) is 5.56. The van der Waals surface area contributed by atoms with Gasteiger partial charge in [-0.15, -0.1) is 0 Å². The lowest BCUT2D eigenvalue weighted by Gasteiger charge is -2.25. The van der Waals surface area contributed by atoms with E-state index in [0.29, 0.717) is 6.54 Å². The average Bonchev–Trinajstić information content (AvgIpc) is 3.37. The number of hydrogen-bond donors (Lipinski definition) is 1. The van der Waals surface area contributed by atoms with Gasteiger partial charge >= 0.3 is 0 Å². The highest BCUT2D eigenvalue weighted by Gasteiger charge is 2.33. The molecule has 0 spiro atoms. The summed E-state index contributed by atoms with van der Waals surface area (Å²) in [5.41, 5.74) is 4.69. The van der Waals surface area contributed by atoms with Crippen LogP contribution in [0.25, 0.3) is 11.0 Å². The zero-order chi connectivity index (χ0) is 17.5. The summed E-state index contributed by atoms with van der Waals surface area (Å²) in [6.45, 7) is 3.03. The van der Waals surface area contributed by atoms with E-state index in [1.165, 1.54) is 11.1 Å². The van der Waals surface area contributed by atoms with Gasteiger partial charge in [-0.05, 0) is 36.1 Å². The van der Waals surface area contributed by atoms with Crippen LogP contribution in [-0.2, 0) is 17.9 Å². The molecule has 26 heavy (non-hydrogen) atoms. The van der Waals surface area contributed by atoms with Crippen LogP contribution >= 0.6 is 0 Å². The Bertz CT molecular complexity index is 905. The number of nitrogens with zero attached hydrogens (tertiary/aromatic N) is 3. The molecule has 2 aliphatic heterocycles. The second-order valence-corrected chi connectivity index (χ2v) is 7.30. The van der Waals surface area contributed by atoms with E-state index in [1.54, 1.807) is 0 Å².